The van der Waals surface area contributed by atoms with Crippen molar-refractivity contribution >= 4 is 20.5 Å². The second kappa shape index (κ2) is 19.2. The molecule has 8 heteroatoms. The zero-order valence-corrected chi connectivity index (χ0v) is 32.3. The smallest absolute Gasteiger partial charge is 0.0947 e. The Bertz CT molecular complexity index is 768. The van der Waals surface area contributed by atoms with Gasteiger partial charge in [0.05, 0.1) is 38.4 Å². The maximum atomic E-state index is 6.86. The highest BCUT2D eigenvalue weighted by atomic mass is 32.1. The van der Waals surface area contributed by atoms with E-state index in [4.69, 9.17) is 50.9 Å². The van der Waals surface area contributed by atoms with Crippen molar-refractivity contribution in [3.63, 3.8) is 0 Å². The molecule has 0 aromatic rings. The monoisotopic (exact) mass is 643 g/mol. The van der Waals surface area contributed by atoms with Crippen LogP contribution >= 0.6 is 12.6 Å². The van der Waals surface area contributed by atoms with Crippen LogP contribution in [0.1, 0.15) is 148 Å². The van der Waals surface area contributed by atoms with Crippen molar-refractivity contribution < 1.29 is 18.9 Å². The minimum absolute atomic E-state index is 0.00657. The van der Waals surface area contributed by atoms with Crippen LogP contribution in [0.25, 0.3) is 0 Å². The van der Waals surface area contributed by atoms with Crippen molar-refractivity contribution in [3.8, 4) is 0 Å². The van der Waals surface area contributed by atoms with Gasteiger partial charge in [0.1, 0.15) is 0 Å². The fraction of sp³-hybridized carbons (Fsp3) is 1.00. The van der Waals surface area contributed by atoms with Gasteiger partial charge in [0, 0.05) is 36.0 Å². The largest absolute Gasteiger partial charge is 0.380 e. The number of rotatable bonds is 26. The van der Waals surface area contributed by atoms with Crippen LogP contribution in [0.4, 0.5) is 0 Å². The van der Waals surface area contributed by atoms with Gasteiger partial charge in [0.15, 0.2) is 0 Å². The van der Waals surface area contributed by atoms with Gasteiger partial charge in [-0.1, -0.05) is 41.5 Å². The van der Waals surface area contributed by atoms with E-state index in [0.29, 0.717) is 44.0 Å². The molecule has 0 aliphatic rings. The SMILES string of the molecule is [B]C(C)(N)CCOC(C)(C)CC(CC)(COCC(CC)(CC(S)CC)CC(C)(C)OCCC(C)(C)N)C(C)OCCC(C)C. The Kier molecular flexibility index (Phi) is 19.3. The maximum absolute atomic E-state index is 6.86. The van der Waals surface area contributed by atoms with Crippen molar-refractivity contribution in [3.05, 3.63) is 0 Å². The lowest BCUT2D eigenvalue weighted by Gasteiger charge is -2.45. The number of hydrogen-bond donors (Lipinski definition) is 3. The first-order chi connectivity index (χ1) is 19.9. The molecule has 0 rings (SSSR count). The molecule has 0 spiro atoms. The first-order valence-corrected chi connectivity index (χ1v) is 18.0. The average molecular weight is 643 g/mol. The van der Waals surface area contributed by atoms with Gasteiger partial charge in [0.25, 0.3) is 0 Å². The van der Waals surface area contributed by atoms with E-state index in [1.807, 2.05) is 20.8 Å². The van der Waals surface area contributed by atoms with Gasteiger partial charge in [-0.3, -0.25) is 0 Å². The van der Waals surface area contributed by atoms with Gasteiger partial charge in [-0.05, 0) is 123 Å². The lowest BCUT2D eigenvalue weighted by Crippen LogP contribution is -2.47. The van der Waals surface area contributed by atoms with Crippen LogP contribution in [0.3, 0.4) is 0 Å². The van der Waals surface area contributed by atoms with Crippen LogP contribution in [-0.4, -0.2) is 74.4 Å². The van der Waals surface area contributed by atoms with E-state index in [1.54, 1.807) is 0 Å². The minimum atomic E-state index is -0.751. The molecule has 0 aromatic carbocycles. The third kappa shape index (κ3) is 19.1. The summed E-state index contributed by atoms with van der Waals surface area (Å²) in [7, 11) is 6.04. The van der Waals surface area contributed by atoms with Crippen LogP contribution in [0.5, 0.6) is 0 Å². The lowest BCUT2D eigenvalue weighted by atomic mass is 9.71. The zero-order valence-electron chi connectivity index (χ0n) is 31.4. The summed E-state index contributed by atoms with van der Waals surface area (Å²) in [5, 5.41) is 0.301. The summed E-state index contributed by atoms with van der Waals surface area (Å²) in [6.45, 7) is 31.2. The predicted molar refractivity (Wildman–Crippen MR) is 194 cm³/mol. The highest BCUT2D eigenvalue weighted by Crippen LogP contribution is 2.43. The lowest BCUT2D eigenvalue weighted by molar-refractivity contribution is -0.140. The summed E-state index contributed by atoms with van der Waals surface area (Å²) in [4.78, 5) is 0. The molecule has 5 atom stereocenters. The van der Waals surface area contributed by atoms with Gasteiger partial charge in [-0.15, -0.1) is 0 Å². The summed E-state index contributed by atoms with van der Waals surface area (Å²) in [6.07, 6.45) is 8.05. The topological polar surface area (TPSA) is 89.0 Å². The molecule has 0 saturated carbocycles. The average Bonchev–Trinajstić information content (AvgIpc) is 2.85. The molecule has 5 unspecified atom stereocenters. The molecule has 4 N–H and O–H groups in total. The third-order valence-electron chi connectivity index (χ3n) is 9.27. The van der Waals surface area contributed by atoms with E-state index in [0.717, 1.165) is 58.0 Å². The summed E-state index contributed by atoms with van der Waals surface area (Å²) in [5.74, 6) is 0.593. The van der Waals surface area contributed by atoms with E-state index in [-0.39, 0.29) is 28.1 Å². The van der Waals surface area contributed by atoms with Gasteiger partial charge in [-0.25, -0.2) is 0 Å². The fourth-order valence-electron chi connectivity index (χ4n) is 6.14. The normalized spacial score (nSPS) is 18.9. The summed E-state index contributed by atoms with van der Waals surface area (Å²) < 4.78 is 26.3. The Morgan fingerprint density at radius 3 is 1.75 bits per heavy atom. The Morgan fingerprint density at radius 2 is 1.30 bits per heavy atom. The summed E-state index contributed by atoms with van der Waals surface area (Å²) >= 11 is 4.96. The van der Waals surface area contributed by atoms with Crippen molar-refractivity contribution in [2.24, 2.45) is 28.2 Å². The molecule has 0 aliphatic carbocycles. The molecule has 2 radical (unpaired) electrons. The van der Waals surface area contributed by atoms with E-state index in [2.05, 4.69) is 69.2 Å². The molecule has 0 fully saturated rings. The molecule has 0 bridgehead atoms. The van der Waals surface area contributed by atoms with Crippen LogP contribution in [0.2, 0.25) is 0 Å². The molecule has 0 saturated heterocycles. The quantitative estimate of drug-likeness (QED) is 0.0653. The Balaban J connectivity index is 6.05. The molecule has 0 heterocycles. The Morgan fingerprint density at radius 1 is 0.750 bits per heavy atom. The van der Waals surface area contributed by atoms with E-state index in [1.165, 1.54) is 0 Å². The number of nitrogens with two attached hydrogens (primary N) is 2. The maximum Gasteiger partial charge on any atom is 0.0947 e. The minimum Gasteiger partial charge on any atom is -0.380 e. The molecule has 44 heavy (non-hydrogen) atoms. The van der Waals surface area contributed by atoms with E-state index >= 15 is 0 Å². The van der Waals surface area contributed by atoms with Crippen molar-refractivity contribution in [1.29, 1.82) is 0 Å². The number of hydrogen-bond acceptors (Lipinski definition) is 7. The highest BCUT2D eigenvalue weighted by Gasteiger charge is 2.43. The summed E-state index contributed by atoms with van der Waals surface area (Å²) in [6, 6.07) is 0. The highest BCUT2D eigenvalue weighted by molar-refractivity contribution is 7.80. The predicted octanol–water partition coefficient (Wildman–Crippen LogP) is 8.08. The second-order valence-corrected chi connectivity index (χ2v) is 17.3. The van der Waals surface area contributed by atoms with Gasteiger partial charge < -0.3 is 30.4 Å². The van der Waals surface area contributed by atoms with Crippen LogP contribution in [-0.2, 0) is 18.9 Å². The van der Waals surface area contributed by atoms with Crippen molar-refractivity contribution in [2.75, 3.05) is 33.0 Å². The van der Waals surface area contributed by atoms with Crippen LogP contribution in [0, 0.1) is 16.7 Å². The van der Waals surface area contributed by atoms with Gasteiger partial charge in [-0.2, -0.15) is 12.6 Å². The van der Waals surface area contributed by atoms with Gasteiger partial charge in [0.2, 0.25) is 0 Å². The molecule has 262 valence electrons. The van der Waals surface area contributed by atoms with Gasteiger partial charge >= 0.3 is 0 Å². The molecule has 0 amide bonds. The Hall–Kier alpha value is 0.175. The summed E-state index contributed by atoms with van der Waals surface area (Å²) in [5.41, 5.74) is 10.3. The van der Waals surface area contributed by atoms with Crippen LogP contribution < -0.4 is 11.5 Å². The standard InChI is InChI=1S/C36H75BN2O4S/c1-14-30(44)23-35(15-2,24-32(9,10)42-21-18-31(7,8)38)26-40-27-36(16-3,29(6)41-20-17-28(4)5)25-33(11,12)43-22-19-34(13,37)39/h28-30,44H,14-27,38-39H2,1-13H3. The van der Waals surface area contributed by atoms with Crippen molar-refractivity contribution in [2.45, 2.75) is 181 Å². The fourth-order valence-corrected chi connectivity index (χ4v) is 6.53. The first kappa shape index (κ1) is 44.2. The number of ether oxygens (including phenoxy) is 4. The van der Waals surface area contributed by atoms with Crippen LogP contribution in [0.15, 0.2) is 0 Å². The second-order valence-electron chi connectivity index (χ2n) is 16.6. The molecule has 0 aliphatic heterocycles. The molecule has 6 nitrogen and oxygen atoms in total. The van der Waals surface area contributed by atoms with E-state index in [9.17, 15) is 0 Å². The van der Waals surface area contributed by atoms with Crippen molar-refractivity contribution in [1.82, 2.24) is 0 Å². The zero-order chi connectivity index (χ0) is 34.5. The molecular formula is C36H75BN2O4S. The third-order valence-corrected chi connectivity index (χ3v) is 9.82. The first-order valence-electron chi connectivity index (χ1n) is 17.5. The molecule has 0 aromatic heterocycles. The Labute approximate surface area is 281 Å². The number of thiol groups is 1. The molecular weight excluding hydrogens is 567 g/mol. The van der Waals surface area contributed by atoms with E-state index < -0.39 is 11.0 Å².